The lowest BCUT2D eigenvalue weighted by Gasteiger charge is -2.35. The average molecular weight is 399 g/mol. The van der Waals surface area contributed by atoms with E-state index in [1.54, 1.807) is 18.6 Å². The molecule has 2 aromatic heterocycles. The molecule has 146 valence electrons. The second-order valence-corrected chi connectivity index (χ2v) is 8.69. The Morgan fingerprint density at radius 3 is 2.96 bits per heavy atom. The van der Waals surface area contributed by atoms with Crippen molar-refractivity contribution in [3.05, 3.63) is 47.5 Å². The second-order valence-electron chi connectivity index (χ2n) is 7.68. The molecule has 0 spiro atoms. The Bertz CT molecular complexity index is 998. The van der Waals surface area contributed by atoms with Gasteiger partial charge in [0.25, 0.3) is 0 Å². The predicted molar refractivity (Wildman–Crippen MR) is 109 cm³/mol. The number of hydrogen-bond donors (Lipinski definition) is 1. The average Bonchev–Trinajstić information content (AvgIpc) is 3.37. The summed E-state index contributed by atoms with van der Waals surface area (Å²) in [5.74, 6) is 0.126. The smallest absolute Gasteiger partial charge is 0.151 e. The Kier molecular flexibility index (Phi) is 5.02. The highest BCUT2D eigenvalue weighted by molar-refractivity contribution is 7.15. The van der Waals surface area contributed by atoms with Crippen molar-refractivity contribution >= 4 is 17.4 Å². The van der Waals surface area contributed by atoms with Gasteiger partial charge < -0.3 is 9.67 Å². The van der Waals surface area contributed by atoms with Gasteiger partial charge in [0.1, 0.15) is 16.9 Å². The molecular formula is C21H23FN4OS. The molecule has 4 rings (SSSR count). The molecule has 2 heterocycles. The first-order valence-electron chi connectivity index (χ1n) is 9.47. The summed E-state index contributed by atoms with van der Waals surface area (Å²) in [6, 6.07) is 5.37. The van der Waals surface area contributed by atoms with Crippen LogP contribution in [0, 0.1) is 5.41 Å². The predicted octanol–water partition coefficient (Wildman–Crippen LogP) is 5.42. The summed E-state index contributed by atoms with van der Waals surface area (Å²) in [5, 5.41) is 20.2. The molecule has 5 nitrogen and oxygen atoms in total. The number of halogens is 1. The quantitative estimate of drug-likeness (QED) is 0.637. The normalized spacial score (nSPS) is 24.0. The van der Waals surface area contributed by atoms with Crippen molar-refractivity contribution in [3.63, 3.8) is 0 Å². The molecule has 0 bridgehead atoms. The lowest BCUT2D eigenvalue weighted by atomic mass is 9.71. The van der Waals surface area contributed by atoms with E-state index in [1.807, 2.05) is 29.0 Å². The van der Waals surface area contributed by atoms with Crippen molar-refractivity contribution in [2.45, 2.75) is 45.7 Å². The van der Waals surface area contributed by atoms with Crippen molar-refractivity contribution < 1.29 is 9.50 Å². The molecule has 2 atom stereocenters. The van der Waals surface area contributed by atoms with E-state index in [4.69, 9.17) is 0 Å². The Balaban J connectivity index is 1.59. The van der Waals surface area contributed by atoms with Crippen molar-refractivity contribution in [3.8, 4) is 22.0 Å². The summed E-state index contributed by atoms with van der Waals surface area (Å²) in [4.78, 5) is 4.01. The topological polar surface area (TPSA) is 63.8 Å². The van der Waals surface area contributed by atoms with Gasteiger partial charge in [-0.25, -0.2) is 9.37 Å². The number of alkyl halides is 1. The van der Waals surface area contributed by atoms with E-state index in [-0.39, 0.29) is 11.2 Å². The first-order chi connectivity index (χ1) is 13.5. The Labute approximate surface area is 167 Å². The molecular weight excluding hydrogens is 375 g/mol. The molecule has 1 aromatic carbocycles. The summed E-state index contributed by atoms with van der Waals surface area (Å²) in [6.45, 7) is 4.38. The third kappa shape index (κ3) is 3.71. The molecule has 0 amide bonds. The fourth-order valence-corrected chi connectivity index (χ4v) is 4.48. The fourth-order valence-electron chi connectivity index (χ4n) is 3.63. The highest BCUT2D eigenvalue weighted by atomic mass is 32.1. The summed E-state index contributed by atoms with van der Waals surface area (Å²) >= 11 is 1.36. The van der Waals surface area contributed by atoms with Crippen LogP contribution in [0.15, 0.2) is 42.5 Å². The van der Waals surface area contributed by atoms with Crippen LogP contribution in [0.3, 0.4) is 0 Å². The largest absolute Gasteiger partial charge is 0.507 e. The van der Waals surface area contributed by atoms with Crippen LogP contribution in [0.2, 0.25) is 0 Å². The minimum absolute atomic E-state index is 0.126. The minimum Gasteiger partial charge on any atom is -0.507 e. The molecule has 1 saturated carbocycles. The van der Waals surface area contributed by atoms with Gasteiger partial charge in [0.05, 0.1) is 17.6 Å². The number of imidazole rings is 1. The number of hydrogen-bond acceptors (Lipinski definition) is 5. The van der Waals surface area contributed by atoms with Crippen molar-refractivity contribution in [2.75, 3.05) is 0 Å². The number of phenols is 1. The summed E-state index contributed by atoms with van der Waals surface area (Å²) in [6.07, 6.45) is 9.38. The van der Waals surface area contributed by atoms with Gasteiger partial charge in [0.2, 0.25) is 0 Å². The van der Waals surface area contributed by atoms with Crippen LogP contribution in [0.4, 0.5) is 4.39 Å². The van der Waals surface area contributed by atoms with E-state index in [2.05, 4.69) is 29.0 Å². The second kappa shape index (κ2) is 7.47. The maximum absolute atomic E-state index is 14.4. The van der Waals surface area contributed by atoms with Crippen molar-refractivity contribution in [1.29, 1.82) is 0 Å². The van der Waals surface area contributed by atoms with Crippen LogP contribution in [-0.4, -0.2) is 31.0 Å². The molecule has 1 fully saturated rings. The summed E-state index contributed by atoms with van der Waals surface area (Å²) in [7, 11) is 0. The first kappa shape index (κ1) is 18.8. The minimum atomic E-state index is -0.908. The number of benzene rings is 1. The van der Waals surface area contributed by atoms with E-state index in [0.29, 0.717) is 22.0 Å². The number of rotatable bonds is 4. The zero-order valence-corrected chi connectivity index (χ0v) is 16.8. The first-order valence-corrected chi connectivity index (χ1v) is 10.3. The van der Waals surface area contributed by atoms with Gasteiger partial charge in [0.15, 0.2) is 5.01 Å². The Morgan fingerprint density at radius 1 is 1.39 bits per heavy atom. The van der Waals surface area contributed by atoms with E-state index in [9.17, 15) is 9.50 Å². The highest BCUT2D eigenvalue weighted by Gasteiger charge is 2.33. The standard InChI is InChI=1S/C21H23FN4OS/c1-3-21(2)7-6-17(22)14(12-21)10-19-24-25-20(28-19)16-5-4-15(11-18(16)27)26-9-8-23-13-26/h4-5,8-11,13,17,27H,3,6-7,12H2,1-2H3/b14-10-/t17-,21+/m1/s1. The Morgan fingerprint density at radius 2 is 2.25 bits per heavy atom. The third-order valence-electron chi connectivity index (χ3n) is 5.65. The number of nitrogens with zero attached hydrogens (tertiary/aromatic N) is 4. The van der Waals surface area contributed by atoms with E-state index in [1.165, 1.54) is 11.3 Å². The van der Waals surface area contributed by atoms with Gasteiger partial charge in [-0.2, -0.15) is 0 Å². The molecule has 1 aliphatic rings. The molecule has 1 aliphatic carbocycles. The molecule has 7 heteroatoms. The molecule has 0 radical (unpaired) electrons. The number of allylic oxidation sites excluding steroid dienone is 1. The number of aromatic nitrogens is 4. The van der Waals surface area contributed by atoms with Crippen molar-refractivity contribution in [2.24, 2.45) is 5.41 Å². The third-order valence-corrected chi connectivity index (χ3v) is 6.56. The van der Waals surface area contributed by atoms with Gasteiger partial charge in [-0.1, -0.05) is 31.6 Å². The molecule has 0 unspecified atom stereocenters. The van der Waals surface area contributed by atoms with Gasteiger partial charge in [-0.15, -0.1) is 10.2 Å². The van der Waals surface area contributed by atoms with E-state index >= 15 is 0 Å². The van der Waals surface area contributed by atoms with Crippen LogP contribution >= 0.6 is 11.3 Å². The maximum Gasteiger partial charge on any atom is 0.151 e. The SMILES string of the molecule is CC[C@@]1(C)CC[C@@H](F)/C(=C\c2nnc(-c3ccc(-n4ccnc4)cc3O)s2)C1. The zero-order valence-electron chi connectivity index (χ0n) is 16.0. The van der Waals surface area contributed by atoms with Crippen LogP contribution in [0.5, 0.6) is 5.75 Å². The van der Waals surface area contributed by atoms with Crippen LogP contribution in [0.25, 0.3) is 22.3 Å². The highest BCUT2D eigenvalue weighted by Crippen LogP contribution is 2.43. The maximum atomic E-state index is 14.4. The fraction of sp³-hybridized carbons (Fsp3) is 0.381. The van der Waals surface area contributed by atoms with Crippen LogP contribution < -0.4 is 0 Å². The number of phenolic OH excluding ortho intramolecular Hbond substituents is 1. The van der Waals surface area contributed by atoms with Gasteiger partial charge in [0, 0.05) is 18.5 Å². The molecule has 0 aliphatic heterocycles. The molecule has 28 heavy (non-hydrogen) atoms. The monoisotopic (exact) mass is 398 g/mol. The summed E-state index contributed by atoms with van der Waals surface area (Å²) in [5.41, 5.74) is 2.39. The van der Waals surface area contributed by atoms with Crippen molar-refractivity contribution in [1.82, 2.24) is 19.7 Å². The van der Waals surface area contributed by atoms with Crippen LogP contribution in [-0.2, 0) is 0 Å². The van der Waals surface area contributed by atoms with Gasteiger partial charge in [-0.05, 0) is 48.5 Å². The molecule has 0 saturated heterocycles. The summed E-state index contributed by atoms with van der Waals surface area (Å²) < 4.78 is 16.2. The lowest BCUT2D eigenvalue weighted by Crippen LogP contribution is -2.26. The van der Waals surface area contributed by atoms with Crippen LogP contribution in [0.1, 0.15) is 44.5 Å². The zero-order chi connectivity index (χ0) is 19.7. The van der Waals surface area contributed by atoms with Gasteiger partial charge >= 0.3 is 0 Å². The molecule has 3 aromatic rings. The lowest BCUT2D eigenvalue weighted by molar-refractivity contribution is 0.186. The Hall–Kier alpha value is -2.54. The van der Waals surface area contributed by atoms with Gasteiger partial charge in [-0.3, -0.25) is 0 Å². The van der Waals surface area contributed by atoms with E-state index in [0.717, 1.165) is 30.5 Å². The molecule has 1 N–H and O–H groups in total. The number of aromatic hydroxyl groups is 1. The van der Waals surface area contributed by atoms with E-state index < -0.39 is 6.17 Å².